The Balaban J connectivity index is 1.63. The number of nitrogens with one attached hydrogen (secondary N) is 1. The molecule has 0 unspecified atom stereocenters. The first-order valence-corrected chi connectivity index (χ1v) is 9.22. The van der Waals surface area contributed by atoms with Crippen LogP contribution >= 0.6 is 0 Å². The van der Waals surface area contributed by atoms with E-state index in [0.717, 1.165) is 5.56 Å². The van der Waals surface area contributed by atoms with Gasteiger partial charge >= 0.3 is 0 Å². The molecule has 0 aliphatic heterocycles. The number of nitrogens with zero attached hydrogens (tertiary/aromatic N) is 3. The number of para-hydroxylation sites is 1. The molecule has 144 valence electrons. The van der Waals surface area contributed by atoms with Crippen molar-refractivity contribution in [2.75, 3.05) is 7.11 Å². The van der Waals surface area contributed by atoms with E-state index in [0.29, 0.717) is 29.8 Å². The summed E-state index contributed by atoms with van der Waals surface area (Å²) in [6, 6.07) is 10.8. The standard InChI is InChI=1S/C21H22N4O3/c1-28-17-11-15(12-22-13-17)20(14-9-16(26)10-14)24-21(27)18-5-2-3-6-19(18)25-8-4-7-23-25/h2-8,11-14,16,20,26H,9-10H2,1H3,(H,24,27)/t14?,16?,20-/m0/s1. The number of carbonyl (C=O) groups excluding carboxylic acids is 1. The van der Waals surface area contributed by atoms with Crippen LogP contribution < -0.4 is 10.1 Å². The Morgan fingerprint density at radius 3 is 2.82 bits per heavy atom. The molecule has 0 spiro atoms. The summed E-state index contributed by atoms with van der Waals surface area (Å²) in [6.45, 7) is 0. The fourth-order valence-corrected chi connectivity index (χ4v) is 3.59. The molecule has 28 heavy (non-hydrogen) atoms. The summed E-state index contributed by atoms with van der Waals surface area (Å²) in [5.41, 5.74) is 2.11. The Morgan fingerprint density at radius 2 is 2.11 bits per heavy atom. The van der Waals surface area contributed by atoms with Gasteiger partial charge in [-0.15, -0.1) is 0 Å². The van der Waals surface area contributed by atoms with Gasteiger partial charge in [0, 0.05) is 18.6 Å². The molecule has 2 aromatic heterocycles. The average Bonchev–Trinajstić information content (AvgIpc) is 3.24. The van der Waals surface area contributed by atoms with Gasteiger partial charge in [0.25, 0.3) is 5.91 Å². The molecule has 1 amide bonds. The van der Waals surface area contributed by atoms with Gasteiger partial charge in [0.05, 0.1) is 36.7 Å². The third kappa shape index (κ3) is 3.61. The number of carbonyl (C=O) groups is 1. The first-order chi connectivity index (χ1) is 13.7. The average molecular weight is 378 g/mol. The largest absolute Gasteiger partial charge is 0.495 e. The van der Waals surface area contributed by atoms with E-state index >= 15 is 0 Å². The number of aliphatic hydroxyl groups excluding tert-OH is 1. The van der Waals surface area contributed by atoms with E-state index in [1.165, 1.54) is 0 Å². The van der Waals surface area contributed by atoms with E-state index in [1.807, 2.05) is 30.3 Å². The van der Waals surface area contributed by atoms with Crippen molar-refractivity contribution in [1.82, 2.24) is 20.1 Å². The number of benzene rings is 1. The van der Waals surface area contributed by atoms with Gasteiger partial charge in [-0.3, -0.25) is 9.78 Å². The number of amides is 1. The summed E-state index contributed by atoms with van der Waals surface area (Å²) >= 11 is 0. The zero-order valence-corrected chi connectivity index (χ0v) is 15.5. The van der Waals surface area contributed by atoms with Gasteiger partial charge in [-0.25, -0.2) is 4.68 Å². The Morgan fingerprint density at radius 1 is 1.29 bits per heavy atom. The van der Waals surface area contributed by atoms with E-state index in [1.54, 1.807) is 42.6 Å². The van der Waals surface area contributed by atoms with Crippen LogP contribution in [0.15, 0.2) is 61.2 Å². The number of hydrogen-bond acceptors (Lipinski definition) is 5. The monoisotopic (exact) mass is 378 g/mol. The highest BCUT2D eigenvalue weighted by molar-refractivity contribution is 5.98. The van der Waals surface area contributed by atoms with Crippen molar-refractivity contribution in [1.29, 1.82) is 0 Å². The van der Waals surface area contributed by atoms with Gasteiger partial charge in [0.2, 0.25) is 0 Å². The van der Waals surface area contributed by atoms with E-state index in [-0.39, 0.29) is 24.0 Å². The summed E-state index contributed by atoms with van der Waals surface area (Å²) < 4.78 is 6.95. The number of aromatic nitrogens is 3. The fourth-order valence-electron chi connectivity index (χ4n) is 3.59. The van der Waals surface area contributed by atoms with Crippen LogP contribution in [0.25, 0.3) is 5.69 Å². The number of pyridine rings is 1. The zero-order chi connectivity index (χ0) is 19.5. The molecule has 1 aromatic carbocycles. The number of aliphatic hydroxyl groups is 1. The molecule has 1 saturated carbocycles. The molecule has 0 bridgehead atoms. The molecule has 2 heterocycles. The van der Waals surface area contributed by atoms with Gasteiger partial charge < -0.3 is 15.2 Å². The SMILES string of the molecule is COc1cncc([C@@H](NC(=O)c2ccccc2-n2cccn2)C2CC(O)C2)c1. The Hall–Kier alpha value is -3.19. The molecular formula is C21H22N4O3. The molecule has 4 rings (SSSR count). The highest BCUT2D eigenvalue weighted by Gasteiger charge is 2.36. The predicted molar refractivity (Wildman–Crippen MR) is 103 cm³/mol. The van der Waals surface area contributed by atoms with Crippen LogP contribution in [0.4, 0.5) is 0 Å². The molecule has 1 aliphatic carbocycles. The maximum atomic E-state index is 13.2. The number of methoxy groups -OCH3 is 1. The molecule has 0 saturated heterocycles. The van der Waals surface area contributed by atoms with Crippen molar-refractivity contribution in [2.45, 2.75) is 25.0 Å². The van der Waals surface area contributed by atoms with Crippen molar-refractivity contribution in [3.63, 3.8) is 0 Å². The lowest BCUT2D eigenvalue weighted by atomic mass is 9.75. The number of hydrogen-bond donors (Lipinski definition) is 2. The molecule has 2 N–H and O–H groups in total. The highest BCUT2D eigenvalue weighted by Crippen LogP contribution is 2.38. The summed E-state index contributed by atoms with van der Waals surface area (Å²) in [6.07, 6.45) is 7.81. The van der Waals surface area contributed by atoms with Crippen LogP contribution in [-0.4, -0.2) is 39.0 Å². The minimum absolute atomic E-state index is 0.143. The molecule has 0 radical (unpaired) electrons. The van der Waals surface area contributed by atoms with E-state index < -0.39 is 0 Å². The molecular weight excluding hydrogens is 356 g/mol. The van der Waals surface area contributed by atoms with Crippen LogP contribution in [0, 0.1) is 5.92 Å². The fraction of sp³-hybridized carbons (Fsp3) is 0.286. The Kier molecular flexibility index (Phi) is 5.08. The summed E-state index contributed by atoms with van der Waals surface area (Å²) in [5.74, 6) is 0.582. The van der Waals surface area contributed by atoms with Gasteiger partial charge in [0.15, 0.2) is 0 Å². The van der Waals surface area contributed by atoms with Crippen LogP contribution in [0.2, 0.25) is 0 Å². The number of rotatable bonds is 6. The normalized spacial score (nSPS) is 19.5. The van der Waals surface area contributed by atoms with Gasteiger partial charge in [-0.1, -0.05) is 12.1 Å². The zero-order valence-electron chi connectivity index (χ0n) is 15.5. The van der Waals surface area contributed by atoms with Crippen LogP contribution in [0.5, 0.6) is 5.75 Å². The second-order valence-electron chi connectivity index (χ2n) is 6.96. The minimum Gasteiger partial charge on any atom is -0.495 e. The maximum Gasteiger partial charge on any atom is 0.253 e. The second-order valence-corrected chi connectivity index (χ2v) is 6.96. The molecule has 7 nitrogen and oxygen atoms in total. The van der Waals surface area contributed by atoms with Gasteiger partial charge in [-0.05, 0) is 48.6 Å². The minimum atomic E-state index is -0.320. The predicted octanol–water partition coefficient (Wildman–Crippen LogP) is 2.52. The summed E-state index contributed by atoms with van der Waals surface area (Å²) in [5, 5.41) is 17.1. The molecule has 1 atom stereocenters. The quantitative estimate of drug-likeness (QED) is 0.688. The summed E-state index contributed by atoms with van der Waals surface area (Å²) in [7, 11) is 1.59. The van der Waals surface area contributed by atoms with Crippen molar-refractivity contribution >= 4 is 5.91 Å². The maximum absolute atomic E-state index is 13.2. The molecule has 7 heteroatoms. The van der Waals surface area contributed by atoms with Crippen LogP contribution in [0.3, 0.4) is 0 Å². The topological polar surface area (TPSA) is 89.3 Å². The van der Waals surface area contributed by atoms with Crippen molar-refractivity contribution in [3.8, 4) is 11.4 Å². The van der Waals surface area contributed by atoms with E-state index in [4.69, 9.17) is 4.74 Å². The van der Waals surface area contributed by atoms with Crippen LogP contribution in [-0.2, 0) is 0 Å². The van der Waals surface area contributed by atoms with Crippen molar-refractivity contribution in [3.05, 3.63) is 72.3 Å². The molecule has 1 aliphatic rings. The van der Waals surface area contributed by atoms with Crippen molar-refractivity contribution < 1.29 is 14.6 Å². The Bertz CT molecular complexity index is 952. The molecule has 1 fully saturated rings. The van der Waals surface area contributed by atoms with Crippen LogP contribution in [0.1, 0.15) is 34.8 Å². The van der Waals surface area contributed by atoms with Gasteiger partial charge in [-0.2, -0.15) is 5.10 Å². The lowest BCUT2D eigenvalue weighted by molar-refractivity contribution is 0.0234. The smallest absolute Gasteiger partial charge is 0.253 e. The first kappa shape index (κ1) is 18.2. The lowest BCUT2D eigenvalue weighted by Crippen LogP contribution is -2.41. The van der Waals surface area contributed by atoms with E-state index in [9.17, 15) is 9.90 Å². The Labute approximate surface area is 163 Å². The summed E-state index contributed by atoms with van der Waals surface area (Å²) in [4.78, 5) is 17.4. The van der Waals surface area contributed by atoms with E-state index in [2.05, 4.69) is 15.4 Å². The van der Waals surface area contributed by atoms with Crippen molar-refractivity contribution in [2.24, 2.45) is 5.92 Å². The highest BCUT2D eigenvalue weighted by atomic mass is 16.5. The van der Waals surface area contributed by atoms with Gasteiger partial charge in [0.1, 0.15) is 5.75 Å². The third-order valence-corrected chi connectivity index (χ3v) is 5.14. The lowest BCUT2D eigenvalue weighted by Gasteiger charge is -2.38. The molecule has 3 aromatic rings. The first-order valence-electron chi connectivity index (χ1n) is 9.22. The second kappa shape index (κ2) is 7.82. The number of ether oxygens (including phenoxy) is 1. The third-order valence-electron chi connectivity index (χ3n) is 5.14.